The van der Waals surface area contributed by atoms with E-state index in [0.717, 1.165) is 6.42 Å². The molecule has 0 bridgehead atoms. The molecular formula is C9H19N3O2. The zero-order chi connectivity index (χ0) is 11.3. The third-order valence-corrected chi connectivity index (χ3v) is 2.23. The highest BCUT2D eigenvalue weighted by molar-refractivity contribution is 5.88. The molecule has 0 aromatic rings. The van der Waals surface area contributed by atoms with Crippen LogP contribution in [0.25, 0.3) is 0 Å². The van der Waals surface area contributed by atoms with Crippen LogP contribution in [0.2, 0.25) is 0 Å². The van der Waals surface area contributed by atoms with E-state index in [1.165, 1.54) is 0 Å². The van der Waals surface area contributed by atoms with Gasteiger partial charge in [0, 0.05) is 0 Å². The third kappa shape index (κ3) is 3.74. The Morgan fingerprint density at radius 3 is 2.14 bits per heavy atom. The summed E-state index contributed by atoms with van der Waals surface area (Å²) in [5, 5.41) is 2.53. The SMILES string of the molecule is CC[C@H](C)[C@@H](NC(=O)[C@@H](C)N)C(N)=O. The lowest BCUT2D eigenvalue weighted by Gasteiger charge is -2.21. The smallest absolute Gasteiger partial charge is 0.240 e. The maximum absolute atomic E-state index is 11.2. The summed E-state index contributed by atoms with van der Waals surface area (Å²) < 4.78 is 0. The van der Waals surface area contributed by atoms with Crippen molar-refractivity contribution >= 4 is 11.8 Å². The van der Waals surface area contributed by atoms with Gasteiger partial charge in [-0.05, 0) is 12.8 Å². The third-order valence-electron chi connectivity index (χ3n) is 2.23. The molecule has 5 nitrogen and oxygen atoms in total. The highest BCUT2D eigenvalue weighted by Gasteiger charge is 2.24. The molecule has 0 aliphatic heterocycles. The van der Waals surface area contributed by atoms with E-state index in [4.69, 9.17) is 11.5 Å². The minimum absolute atomic E-state index is 0.0233. The number of rotatable bonds is 5. The number of primary amides is 1. The molecule has 0 fully saturated rings. The minimum Gasteiger partial charge on any atom is -0.368 e. The van der Waals surface area contributed by atoms with Crippen molar-refractivity contribution in [1.82, 2.24) is 5.32 Å². The second kappa shape index (κ2) is 5.59. The number of nitrogens with one attached hydrogen (secondary N) is 1. The molecule has 0 spiro atoms. The Kier molecular flexibility index (Phi) is 5.15. The normalized spacial score (nSPS) is 16.9. The van der Waals surface area contributed by atoms with Crippen LogP contribution in [0.5, 0.6) is 0 Å². The van der Waals surface area contributed by atoms with E-state index in [1.54, 1.807) is 6.92 Å². The Hall–Kier alpha value is -1.10. The second-order valence-corrected chi connectivity index (χ2v) is 3.56. The zero-order valence-corrected chi connectivity index (χ0v) is 8.91. The summed E-state index contributed by atoms with van der Waals surface area (Å²) in [5.74, 6) is -0.849. The van der Waals surface area contributed by atoms with Crippen molar-refractivity contribution in [3.05, 3.63) is 0 Å². The van der Waals surface area contributed by atoms with Crippen LogP contribution in [0.3, 0.4) is 0 Å². The van der Waals surface area contributed by atoms with Crippen LogP contribution in [-0.2, 0) is 9.59 Å². The van der Waals surface area contributed by atoms with Crippen molar-refractivity contribution in [3.8, 4) is 0 Å². The predicted molar refractivity (Wildman–Crippen MR) is 54.2 cm³/mol. The quantitative estimate of drug-likeness (QED) is 0.551. The molecule has 0 saturated carbocycles. The van der Waals surface area contributed by atoms with Gasteiger partial charge in [0.05, 0.1) is 6.04 Å². The molecule has 0 aliphatic carbocycles. The number of amides is 2. The molecule has 3 atom stereocenters. The molecule has 0 heterocycles. The summed E-state index contributed by atoms with van der Waals surface area (Å²) in [6.07, 6.45) is 0.771. The standard InChI is InChI=1S/C9H19N3O2/c1-4-5(2)7(8(11)13)12-9(14)6(3)10/h5-7H,4,10H2,1-3H3,(H2,11,13)(H,12,14)/t5-,6+,7+/m0/s1. The van der Waals surface area contributed by atoms with E-state index in [2.05, 4.69) is 5.32 Å². The van der Waals surface area contributed by atoms with Gasteiger partial charge in [-0.3, -0.25) is 9.59 Å². The van der Waals surface area contributed by atoms with E-state index in [-0.39, 0.29) is 11.8 Å². The number of carbonyl (C=O) groups is 2. The van der Waals surface area contributed by atoms with Crippen LogP contribution in [0.1, 0.15) is 27.2 Å². The lowest BCUT2D eigenvalue weighted by molar-refractivity contribution is -0.129. The molecule has 5 heteroatoms. The number of hydrogen-bond donors (Lipinski definition) is 3. The number of carbonyl (C=O) groups excluding carboxylic acids is 2. The van der Waals surface area contributed by atoms with Crippen LogP contribution in [0.15, 0.2) is 0 Å². The monoisotopic (exact) mass is 201 g/mol. The van der Waals surface area contributed by atoms with E-state index >= 15 is 0 Å². The van der Waals surface area contributed by atoms with Gasteiger partial charge < -0.3 is 16.8 Å². The van der Waals surface area contributed by atoms with Gasteiger partial charge in [0.2, 0.25) is 11.8 Å². The van der Waals surface area contributed by atoms with Gasteiger partial charge in [-0.1, -0.05) is 20.3 Å². The van der Waals surface area contributed by atoms with Crippen LogP contribution in [0, 0.1) is 5.92 Å². The second-order valence-electron chi connectivity index (χ2n) is 3.56. The number of nitrogens with two attached hydrogens (primary N) is 2. The molecule has 82 valence electrons. The Balaban J connectivity index is 4.38. The first-order valence-electron chi connectivity index (χ1n) is 4.75. The molecule has 0 unspecified atom stereocenters. The lowest BCUT2D eigenvalue weighted by Crippen LogP contribution is -2.52. The molecule has 0 radical (unpaired) electrons. The zero-order valence-electron chi connectivity index (χ0n) is 8.91. The van der Waals surface area contributed by atoms with Gasteiger partial charge in [0.25, 0.3) is 0 Å². The fraction of sp³-hybridized carbons (Fsp3) is 0.778. The average Bonchev–Trinajstić information content (AvgIpc) is 2.11. The van der Waals surface area contributed by atoms with Gasteiger partial charge in [0.1, 0.15) is 6.04 Å². The van der Waals surface area contributed by atoms with Crippen LogP contribution in [0.4, 0.5) is 0 Å². The largest absolute Gasteiger partial charge is 0.368 e. The first kappa shape index (κ1) is 12.9. The fourth-order valence-corrected chi connectivity index (χ4v) is 1.01. The van der Waals surface area contributed by atoms with Crippen LogP contribution in [-0.4, -0.2) is 23.9 Å². The van der Waals surface area contributed by atoms with Crippen molar-refractivity contribution in [2.45, 2.75) is 39.3 Å². The Labute approximate surface area is 84.2 Å². The minimum atomic E-state index is -0.626. The highest BCUT2D eigenvalue weighted by Crippen LogP contribution is 2.07. The van der Waals surface area contributed by atoms with E-state index in [1.807, 2.05) is 13.8 Å². The van der Waals surface area contributed by atoms with E-state index in [9.17, 15) is 9.59 Å². The van der Waals surface area contributed by atoms with Crippen LogP contribution < -0.4 is 16.8 Å². The molecule has 5 N–H and O–H groups in total. The molecule has 0 saturated heterocycles. The predicted octanol–water partition coefficient (Wildman–Crippen LogP) is -0.650. The van der Waals surface area contributed by atoms with Gasteiger partial charge in [-0.15, -0.1) is 0 Å². The molecule has 14 heavy (non-hydrogen) atoms. The summed E-state index contributed by atoms with van der Waals surface area (Å²) in [6, 6.07) is -1.25. The summed E-state index contributed by atoms with van der Waals surface area (Å²) >= 11 is 0. The van der Waals surface area contributed by atoms with Gasteiger partial charge in [-0.25, -0.2) is 0 Å². The van der Waals surface area contributed by atoms with Crippen molar-refractivity contribution in [2.75, 3.05) is 0 Å². The molecule has 0 aromatic carbocycles. The topological polar surface area (TPSA) is 98.2 Å². The van der Waals surface area contributed by atoms with Crippen LogP contribution >= 0.6 is 0 Å². The summed E-state index contributed by atoms with van der Waals surface area (Å²) in [5.41, 5.74) is 10.5. The van der Waals surface area contributed by atoms with Crippen molar-refractivity contribution in [1.29, 1.82) is 0 Å². The van der Waals surface area contributed by atoms with E-state index in [0.29, 0.717) is 0 Å². The first-order chi connectivity index (χ1) is 6.40. The summed E-state index contributed by atoms with van der Waals surface area (Å²) in [4.78, 5) is 22.3. The van der Waals surface area contributed by atoms with Gasteiger partial charge >= 0.3 is 0 Å². The fourth-order valence-electron chi connectivity index (χ4n) is 1.01. The van der Waals surface area contributed by atoms with Gasteiger partial charge in [-0.2, -0.15) is 0 Å². The molecule has 0 rings (SSSR count). The summed E-state index contributed by atoms with van der Waals surface area (Å²) in [6.45, 7) is 5.35. The average molecular weight is 201 g/mol. The molecule has 0 aliphatic rings. The van der Waals surface area contributed by atoms with Gasteiger partial charge in [0.15, 0.2) is 0 Å². The Morgan fingerprint density at radius 2 is 1.86 bits per heavy atom. The first-order valence-corrected chi connectivity index (χ1v) is 4.75. The molecular weight excluding hydrogens is 182 g/mol. The van der Waals surface area contributed by atoms with Crippen molar-refractivity contribution in [2.24, 2.45) is 17.4 Å². The lowest BCUT2D eigenvalue weighted by atomic mass is 9.98. The molecule has 2 amide bonds. The number of hydrogen-bond acceptors (Lipinski definition) is 3. The highest BCUT2D eigenvalue weighted by atomic mass is 16.2. The Bertz CT molecular complexity index is 216. The maximum Gasteiger partial charge on any atom is 0.240 e. The van der Waals surface area contributed by atoms with Crippen molar-refractivity contribution in [3.63, 3.8) is 0 Å². The maximum atomic E-state index is 11.2. The Morgan fingerprint density at radius 1 is 1.36 bits per heavy atom. The summed E-state index contributed by atoms with van der Waals surface area (Å²) in [7, 11) is 0. The van der Waals surface area contributed by atoms with E-state index < -0.39 is 18.0 Å². The van der Waals surface area contributed by atoms with Crippen molar-refractivity contribution < 1.29 is 9.59 Å². The molecule has 0 aromatic heterocycles.